The van der Waals surface area contributed by atoms with Crippen molar-refractivity contribution in [2.75, 3.05) is 6.61 Å². The minimum Gasteiger partial charge on any atom is -0.493 e. The number of nitrogens with zero attached hydrogens (tertiary/aromatic N) is 2. The molecular formula is C20H19F2N3O4. The number of halogens is 2. The van der Waals surface area contributed by atoms with Gasteiger partial charge in [0.15, 0.2) is 0 Å². The van der Waals surface area contributed by atoms with Crippen LogP contribution in [-0.4, -0.2) is 36.4 Å². The van der Waals surface area contributed by atoms with Crippen LogP contribution in [0.3, 0.4) is 0 Å². The van der Waals surface area contributed by atoms with Gasteiger partial charge >= 0.3 is 12.6 Å². The molecule has 0 saturated carbocycles. The van der Waals surface area contributed by atoms with Gasteiger partial charge in [0.25, 0.3) is 5.91 Å². The van der Waals surface area contributed by atoms with E-state index in [2.05, 4.69) is 15.2 Å². The summed E-state index contributed by atoms with van der Waals surface area (Å²) in [5.74, 6) is -0.0788. The second-order valence-electron chi connectivity index (χ2n) is 6.29. The van der Waals surface area contributed by atoms with Crippen LogP contribution in [0.4, 0.5) is 13.6 Å². The van der Waals surface area contributed by atoms with Crippen molar-refractivity contribution in [2.45, 2.75) is 26.0 Å². The zero-order valence-corrected chi connectivity index (χ0v) is 15.8. The molecule has 152 valence electrons. The van der Waals surface area contributed by atoms with E-state index in [-0.39, 0.29) is 5.75 Å². The lowest BCUT2D eigenvalue weighted by Crippen LogP contribution is -2.40. The maximum atomic E-state index is 12.9. The van der Waals surface area contributed by atoms with E-state index in [0.717, 1.165) is 5.01 Å². The maximum Gasteiger partial charge on any atom is 0.387 e. The van der Waals surface area contributed by atoms with Gasteiger partial charge in [-0.2, -0.15) is 13.9 Å². The van der Waals surface area contributed by atoms with Crippen molar-refractivity contribution in [3.05, 3.63) is 59.7 Å². The molecule has 2 aromatic carbocycles. The van der Waals surface area contributed by atoms with Crippen LogP contribution < -0.4 is 14.8 Å². The number of hydrazone groups is 1. The number of carbonyl (C=O) groups excluding carboxylic acids is 2. The first-order valence-corrected chi connectivity index (χ1v) is 8.83. The average Bonchev–Trinajstić information content (AvgIpc) is 2.91. The zero-order chi connectivity index (χ0) is 21.0. The number of ether oxygens (including phenoxy) is 2. The number of rotatable bonds is 7. The molecule has 0 aromatic heterocycles. The van der Waals surface area contributed by atoms with Gasteiger partial charge in [0.1, 0.15) is 17.0 Å². The number of benzene rings is 2. The lowest BCUT2D eigenvalue weighted by molar-refractivity contribution is -0.131. The molecule has 1 fully saturated rings. The summed E-state index contributed by atoms with van der Waals surface area (Å²) in [6, 6.07) is 11.9. The van der Waals surface area contributed by atoms with Gasteiger partial charge in [0.05, 0.1) is 12.8 Å². The number of para-hydroxylation sites is 1. The van der Waals surface area contributed by atoms with Crippen molar-refractivity contribution in [3.63, 3.8) is 0 Å². The molecule has 7 nitrogen and oxygen atoms in total. The lowest BCUT2D eigenvalue weighted by atomic mass is 9.92. The molecule has 1 aliphatic rings. The summed E-state index contributed by atoms with van der Waals surface area (Å²) in [6.07, 6.45) is 1.37. The minimum absolute atomic E-state index is 0.0495. The maximum absolute atomic E-state index is 12.9. The molecule has 0 radical (unpaired) electrons. The van der Waals surface area contributed by atoms with Crippen molar-refractivity contribution in [2.24, 2.45) is 5.10 Å². The van der Waals surface area contributed by atoms with Crippen molar-refractivity contribution >= 4 is 18.2 Å². The molecule has 1 atom stereocenters. The Kier molecular flexibility index (Phi) is 5.76. The molecule has 1 N–H and O–H groups in total. The second-order valence-corrected chi connectivity index (χ2v) is 6.29. The first-order chi connectivity index (χ1) is 13.8. The highest BCUT2D eigenvalue weighted by Gasteiger charge is 2.49. The number of hydrogen-bond acceptors (Lipinski definition) is 5. The van der Waals surface area contributed by atoms with Gasteiger partial charge in [-0.25, -0.2) is 4.79 Å². The van der Waals surface area contributed by atoms with E-state index in [1.165, 1.54) is 37.4 Å². The fraction of sp³-hybridized carbons (Fsp3) is 0.250. The quantitative estimate of drug-likeness (QED) is 0.567. The summed E-state index contributed by atoms with van der Waals surface area (Å²) in [4.78, 5) is 25.2. The summed E-state index contributed by atoms with van der Waals surface area (Å²) in [5, 5.41) is 7.33. The summed E-state index contributed by atoms with van der Waals surface area (Å²) in [7, 11) is 0. The van der Waals surface area contributed by atoms with Crippen LogP contribution in [0.25, 0.3) is 0 Å². The van der Waals surface area contributed by atoms with Gasteiger partial charge in [0, 0.05) is 5.56 Å². The highest BCUT2D eigenvalue weighted by molar-refractivity contribution is 6.07. The Labute approximate surface area is 165 Å². The molecule has 0 bridgehead atoms. The number of hydrogen-bond donors (Lipinski definition) is 1. The summed E-state index contributed by atoms with van der Waals surface area (Å²) in [5.41, 5.74) is -0.376. The van der Waals surface area contributed by atoms with E-state index < -0.39 is 24.1 Å². The predicted molar refractivity (Wildman–Crippen MR) is 101 cm³/mol. The molecule has 1 saturated heterocycles. The number of nitrogens with one attached hydrogen (secondary N) is 1. The molecule has 2 aromatic rings. The third-order valence-corrected chi connectivity index (χ3v) is 4.36. The van der Waals surface area contributed by atoms with Crippen LogP contribution in [-0.2, 0) is 10.3 Å². The summed E-state index contributed by atoms with van der Waals surface area (Å²) < 4.78 is 34.4. The zero-order valence-electron chi connectivity index (χ0n) is 15.8. The molecule has 29 heavy (non-hydrogen) atoms. The van der Waals surface area contributed by atoms with Crippen LogP contribution in [0, 0.1) is 0 Å². The number of urea groups is 1. The van der Waals surface area contributed by atoms with Gasteiger partial charge in [-0.1, -0.05) is 24.3 Å². The molecule has 1 heterocycles. The Balaban J connectivity index is 1.82. The van der Waals surface area contributed by atoms with E-state index in [9.17, 15) is 18.4 Å². The van der Waals surface area contributed by atoms with Gasteiger partial charge in [-0.3, -0.25) is 4.79 Å². The van der Waals surface area contributed by atoms with Gasteiger partial charge in [-0.05, 0) is 43.7 Å². The Bertz CT molecular complexity index is 934. The SMILES string of the molecule is CCOc1ccccc1/C=N\N1C(=O)N[C@](C)(c2ccc(OC(F)F)cc2)C1=O. The lowest BCUT2D eigenvalue weighted by Gasteiger charge is -2.21. The van der Waals surface area contributed by atoms with Gasteiger partial charge in [-0.15, -0.1) is 5.01 Å². The third kappa shape index (κ3) is 4.18. The predicted octanol–water partition coefficient (Wildman–Crippen LogP) is 3.49. The van der Waals surface area contributed by atoms with Gasteiger partial charge in [0.2, 0.25) is 0 Å². The highest BCUT2D eigenvalue weighted by Crippen LogP contribution is 2.30. The smallest absolute Gasteiger partial charge is 0.387 e. The van der Waals surface area contributed by atoms with Crippen LogP contribution in [0.5, 0.6) is 11.5 Å². The van der Waals surface area contributed by atoms with Crippen molar-refractivity contribution in [3.8, 4) is 11.5 Å². The van der Waals surface area contributed by atoms with Gasteiger partial charge < -0.3 is 14.8 Å². The fourth-order valence-corrected chi connectivity index (χ4v) is 2.89. The number of alkyl halides is 2. The van der Waals surface area contributed by atoms with Crippen LogP contribution >= 0.6 is 0 Å². The Morgan fingerprint density at radius 3 is 2.52 bits per heavy atom. The highest BCUT2D eigenvalue weighted by atomic mass is 19.3. The molecule has 0 aliphatic carbocycles. The average molecular weight is 403 g/mol. The second kappa shape index (κ2) is 8.26. The van der Waals surface area contributed by atoms with E-state index in [1.807, 2.05) is 6.92 Å². The number of carbonyl (C=O) groups is 2. The van der Waals surface area contributed by atoms with Crippen LogP contribution in [0.15, 0.2) is 53.6 Å². The first-order valence-electron chi connectivity index (χ1n) is 8.83. The van der Waals surface area contributed by atoms with E-state index >= 15 is 0 Å². The third-order valence-electron chi connectivity index (χ3n) is 4.36. The van der Waals surface area contributed by atoms with E-state index in [1.54, 1.807) is 24.3 Å². The molecule has 1 aliphatic heterocycles. The molecule has 3 amide bonds. The van der Waals surface area contributed by atoms with E-state index in [0.29, 0.717) is 23.5 Å². The summed E-state index contributed by atoms with van der Waals surface area (Å²) >= 11 is 0. The topological polar surface area (TPSA) is 80.2 Å². The molecule has 0 unspecified atom stereocenters. The monoisotopic (exact) mass is 403 g/mol. The van der Waals surface area contributed by atoms with Crippen molar-refractivity contribution in [1.82, 2.24) is 10.3 Å². The van der Waals surface area contributed by atoms with Crippen LogP contribution in [0.1, 0.15) is 25.0 Å². The summed E-state index contributed by atoms with van der Waals surface area (Å²) in [6.45, 7) is 0.861. The number of amides is 3. The normalized spacial score (nSPS) is 19.1. The Morgan fingerprint density at radius 2 is 1.86 bits per heavy atom. The fourth-order valence-electron chi connectivity index (χ4n) is 2.89. The molecule has 9 heteroatoms. The molecular weight excluding hydrogens is 384 g/mol. The standard InChI is InChI=1S/C20H19F2N3O4/c1-3-28-16-7-5-4-6-13(16)12-23-25-17(26)20(2,24-19(25)27)14-8-10-15(11-9-14)29-18(21)22/h4-12,18H,3H2,1-2H3,(H,24,27)/b23-12-/t20-/m1/s1. The van der Waals surface area contributed by atoms with E-state index in [4.69, 9.17) is 4.74 Å². The van der Waals surface area contributed by atoms with Crippen LogP contribution in [0.2, 0.25) is 0 Å². The van der Waals surface area contributed by atoms with Crippen molar-refractivity contribution in [1.29, 1.82) is 0 Å². The Hall–Kier alpha value is -3.49. The largest absolute Gasteiger partial charge is 0.493 e. The number of imide groups is 1. The van der Waals surface area contributed by atoms with Crippen molar-refractivity contribution < 1.29 is 27.8 Å². The molecule has 0 spiro atoms. The molecule has 3 rings (SSSR count). The Morgan fingerprint density at radius 1 is 1.17 bits per heavy atom. The first kappa shape index (κ1) is 20.2. The minimum atomic E-state index is -2.95.